The molecule has 0 aromatic heterocycles. The van der Waals surface area contributed by atoms with E-state index in [0.29, 0.717) is 6.61 Å². The number of rotatable bonds is 4. The topological polar surface area (TPSA) is 35.2 Å². The van der Waals surface area contributed by atoms with E-state index in [9.17, 15) is 0 Å². The molecule has 1 aromatic rings. The van der Waals surface area contributed by atoms with E-state index in [-0.39, 0.29) is 17.6 Å². The van der Waals surface area contributed by atoms with Crippen LogP contribution in [0.15, 0.2) is 24.3 Å². The molecule has 0 fully saturated rings. The Morgan fingerprint density at radius 3 is 2.41 bits per heavy atom. The SMILES string of the molecule is CCOC(C(N)c1cccc(C)c1)C(C)(C)C. The third kappa shape index (κ3) is 3.83. The molecule has 17 heavy (non-hydrogen) atoms. The Bertz CT molecular complexity index is 354. The highest BCUT2D eigenvalue weighted by Gasteiger charge is 2.31. The number of hydrogen-bond acceptors (Lipinski definition) is 2. The van der Waals surface area contributed by atoms with Crippen molar-refractivity contribution in [2.45, 2.75) is 46.8 Å². The summed E-state index contributed by atoms with van der Waals surface area (Å²) in [6, 6.07) is 8.28. The Kier molecular flexibility index (Phi) is 4.72. The standard InChI is InChI=1S/C15H25NO/c1-6-17-14(15(3,4)5)13(16)12-9-7-8-11(2)10-12/h7-10,13-14H,6,16H2,1-5H3. The minimum atomic E-state index is -0.0742. The van der Waals surface area contributed by atoms with Crippen molar-refractivity contribution in [1.29, 1.82) is 0 Å². The minimum absolute atomic E-state index is 0.0364. The smallest absolute Gasteiger partial charge is 0.0815 e. The van der Waals surface area contributed by atoms with Crippen LogP contribution in [0.3, 0.4) is 0 Å². The van der Waals surface area contributed by atoms with Gasteiger partial charge < -0.3 is 10.5 Å². The van der Waals surface area contributed by atoms with E-state index in [1.165, 1.54) is 5.56 Å². The normalized spacial score (nSPS) is 15.6. The van der Waals surface area contributed by atoms with Crippen LogP contribution in [0.5, 0.6) is 0 Å². The predicted octanol–water partition coefficient (Wildman–Crippen LogP) is 3.45. The van der Waals surface area contributed by atoms with Gasteiger partial charge in [0.25, 0.3) is 0 Å². The lowest BCUT2D eigenvalue weighted by Crippen LogP contribution is -2.39. The molecule has 96 valence electrons. The Balaban J connectivity index is 2.95. The summed E-state index contributed by atoms with van der Waals surface area (Å²) < 4.78 is 5.84. The van der Waals surface area contributed by atoms with Gasteiger partial charge in [0.2, 0.25) is 0 Å². The molecule has 2 unspecified atom stereocenters. The molecule has 0 radical (unpaired) electrons. The summed E-state index contributed by atoms with van der Waals surface area (Å²) in [5.74, 6) is 0. The summed E-state index contributed by atoms with van der Waals surface area (Å²) >= 11 is 0. The average molecular weight is 235 g/mol. The highest BCUT2D eigenvalue weighted by atomic mass is 16.5. The molecule has 0 aliphatic carbocycles. The van der Waals surface area contributed by atoms with Gasteiger partial charge in [-0.3, -0.25) is 0 Å². The van der Waals surface area contributed by atoms with Crippen LogP contribution >= 0.6 is 0 Å². The second kappa shape index (κ2) is 5.65. The van der Waals surface area contributed by atoms with Crippen LogP contribution in [0.4, 0.5) is 0 Å². The minimum Gasteiger partial charge on any atom is -0.376 e. The first-order valence-electron chi connectivity index (χ1n) is 6.30. The van der Waals surface area contributed by atoms with Gasteiger partial charge in [-0.25, -0.2) is 0 Å². The van der Waals surface area contributed by atoms with Crippen molar-refractivity contribution in [2.24, 2.45) is 11.1 Å². The molecule has 2 nitrogen and oxygen atoms in total. The van der Waals surface area contributed by atoms with Gasteiger partial charge in [-0.15, -0.1) is 0 Å². The highest BCUT2D eigenvalue weighted by molar-refractivity contribution is 5.26. The molecule has 2 heteroatoms. The first-order valence-corrected chi connectivity index (χ1v) is 6.30. The molecule has 1 rings (SSSR count). The zero-order chi connectivity index (χ0) is 13.1. The van der Waals surface area contributed by atoms with Gasteiger partial charge in [-0.1, -0.05) is 50.6 Å². The van der Waals surface area contributed by atoms with Crippen LogP contribution < -0.4 is 5.73 Å². The van der Waals surface area contributed by atoms with Crippen molar-refractivity contribution >= 4 is 0 Å². The van der Waals surface area contributed by atoms with E-state index in [4.69, 9.17) is 10.5 Å². The Morgan fingerprint density at radius 2 is 1.94 bits per heavy atom. The lowest BCUT2D eigenvalue weighted by Gasteiger charge is -2.35. The Morgan fingerprint density at radius 1 is 1.29 bits per heavy atom. The van der Waals surface area contributed by atoms with E-state index in [0.717, 1.165) is 5.56 Å². The Hall–Kier alpha value is -0.860. The molecule has 0 amide bonds. The van der Waals surface area contributed by atoms with Crippen molar-refractivity contribution in [2.75, 3.05) is 6.61 Å². The second-order valence-corrected chi connectivity index (χ2v) is 5.68. The van der Waals surface area contributed by atoms with E-state index >= 15 is 0 Å². The van der Waals surface area contributed by atoms with E-state index in [2.05, 4.69) is 52.0 Å². The summed E-state index contributed by atoms with van der Waals surface area (Å²) in [6.07, 6.45) is 0.0364. The molecule has 0 spiro atoms. The fraction of sp³-hybridized carbons (Fsp3) is 0.600. The van der Waals surface area contributed by atoms with Crippen molar-refractivity contribution in [3.05, 3.63) is 35.4 Å². The summed E-state index contributed by atoms with van der Waals surface area (Å²) in [6.45, 7) is 11.3. The lowest BCUT2D eigenvalue weighted by atomic mass is 9.82. The molecule has 0 bridgehead atoms. The van der Waals surface area contributed by atoms with Gasteiger partial charge in [0.05, 0.1) is 12.1 Å². The Labute approximate surface area is 105 Å². The van der Waals surface area contributed by atoms with Gasteiger partial charge in [0, 0.05) is 6.61 Å². The summed E-state index contributed by atoms with van der Waals surface area (Å²) in [4.78, 5) is 0. The quantitative estimate of drug-likeness (QED) is 0.867. The maximum absolute atomic E-state index is 6.36. The van der Waals surface area contributed by atoms with Crippen molar-refractivity contribution in [3.8, 4) is 0 Å². The second-order valence-electron chi connectivity index (χ2n) is 5.68. The highest BCUT2D eigenvalue weighted by Crippen LogP contribution is 2.31. The van der Waals surface area contributed by atoms with Gasteiger partial charge in [0.1, 0.15) is 0 Å². The third-order valence-corrected chi connectivity index (χ3v) is 2.95. The molecule has 1 aromatic carbocycles. The maximum atomic E-state index is 6.36. The fourth-order valence-electron chi connectivity index (χ4n) is 2.12. The van der Waals surface area contributed by atoms with Crippen LogP contribution in [0, 0.1) is 12.3 Å². The molecule has 0 aliphatic rings. The first-order chi connectivity index (χ1) is 7.86. The third-order valence-electron chi connectivity index (χ3n) is 2.95. The summed E-state index contributed by atoms with van der Waals surface area (Å²) in [5.41, 5.74) is 8.79. The van der Waals surface area contributed by atoms with Gasteiger partial charge in [-0.2, -0.15) is 0 Å². The monoisotopic (exact) mass is 235 g/mol. The average Bonchev–Trinajstić information content (AvgIpc) is 2.23. The number of benzene rings is 1. The molecule has 0 saturated carbocycles. The maximum Gasteiger partial charge on any atom is 0.0815 e. The summed E-state index contributed by atoms with van der Waals surface area (Å²) in [5, 5.41) is 0. The van der Waals surface area contributed by atoms with Crippen LogP contribution in [0.25, 0.3) is 0 Å². The molecule has 0 saturated heterocycles. The van der Waals surface area contributed by atoms with Crippen molar-refractivity contribution in [1.82, 2.24) is 0 Å². The molecule has 2 atom stereocenters. The first kappa shape index (κ1) is 14.2. The van der Waals surface area contributed by atoms with Gasteiger partial charge in [0.15, 0.2) is 0 Å². The largest absolute Gasteiger partial charge is 0.376 e. The van der Waals surface area contributed by atoms with Crippen molar-refractivity contribution < 1.29 is 4.74 Å². The zero-order valence-corrected chi connectivity index (χ0v) is 11.7. The zero-order valence-electron chi connectivity index (χ0n) is 11.7. The van der Waals surface area contributed by atoms with Crippen LogP contribution in [-0.4, -0.2) is 12.7 Å². The molecule has 0 heterocycles. The van der Waals surface area contributed by atoms with Crippen LogP contribution in [0.1, 0.15) is 44.9 Å². The predicted molar refractivity (Wildman–Crippen MR) is 73.0 cm³/mol. The van der Waals surface area contributed by atoms with E-state index in [1.54, 1.807) is 0 Å². The fourth-order valence-corrected chi connectivity index (χ4v) is 2.12. The number of hydrogen-bond donors (Lipinski definition) is 1. The number of ether oxygens (including phenoxy) is 1. The number of aryl methyl sites for hydroxylation is 1. The summed E-state index contributed by atoms with van der Waals surface area (Å²) in [7, 11) is 0. The van der Waals surface area contributed by atoms with Crippen LogP contribution in [-0.2, 0) is 4.74 Å². The van der Waals surface area contributed by atoms with Gasteiger partial charge in [-0.05, 0) is 24.8 Å². The lowest BCUT2D eigenvalue weighted by molar-refractivity contribution is -0.0283. The molecule has 0 aliphatic heterocycles. The number of nitrogens with two attached hydrogens (primary N) is 1. The van der Waals surface area contributed by atoms with Gasteiger partial charge >= 0.3 is 0 Å². The molecular weight excluding hydrogens is 210 g/mol. The van der Waals surface area contributed by atoms with Crippen LogP contribution in [0.2, 0.25) is 0 Å². The van der Waals surface area contributed by atoms with E-state index in [1.807, 2.05) is 6.92 Å². The molecule has 2 N–H and O–H groups in total. The van der Waals surface area contributed by atoms with Crippen molar-refractivity contribution in [3.63, 3.8) is 0 Å². The molecular formula is C15H25NO. The van der Waals surface area contributed by atoms with E-state index < -0.39 is 0 Å².